The fraction of sp³-hybridized carbons (Fsp3) is 0.308. The summed E-state index contributed by atoms with van der Waals surface area (Å²) in [6.45, 7) is 0.768. The minimum Gasteiger partial charge on any atom is -0.370 e. The van der Waals surface area contributed by atoms with E-state index in [1.165, 1.54) is 7.05 Å². The SMILES string of the molecule is CNC(=O)[C@H](Cc1ccc2ccccc2c1)NC(=O)[C@H](CCCN=C(N)N)NC(=O)[C@@H](Cc1ccccc1)NC(=O)[C@@H]1Cc2ccccc2CN1. The molecule has 0 spiro atoms. The molecule has 0 radical (unpaired) electrons. The van der Waals surface area contributed by atoms with Gasteiger partial charge in [-0.2, -0.15) is 0 Å². The number of nitrogens with two attached hydrogens (primary N) is 2. The van der Waals surface area contributed by atoms with Crippen molar-refractivity contribution in [2.24, 2.45) is 16.5 Å². The summed E-state index contributed by atoms with van der Waals surface area (Å²) in [4.78, 5) is 58.6. The first-order valence-corrected chi connectivity index (χ1v) is 17.2. The molecular weight excluding hydrogens is 644 g/mol. The van der Waals surface area contributed by atoms with Crippen LogP contribution >= 0.6 is 0 Å². The van der Waals surface area contributed by atoms with Gasteiger partial charge in [-0.05, 0) is 52.3 Å². The van der Waals surface area contributed by atoms with Crippen LogP contribution in [0.25, 0.3) is 10.8 Å². The Morgan fingerprint density at radius 1 is 0.725 bits per heavy atom. The van der Waals surface area contributed by atoms with E-state index in [9.17, 15) is 19.2 Å². The average molecular weight is 691 g/mol. The van der Waals surface area contributed by atoms with Crippen LogP contribution < -0.4 is 38.1 Å². The first-order chi connectivity index (χ1) is 24.7. The summed E-state index contributed by atoms with van der Waals surface area (Å²) in [5, 5.41) is 16.7. The molecule has 4 amide bonds. The van der Waals surface area contributed by atoms with E-state index in [1.807, 2.05) is 97.1 Å². The summed E-state index contributed by atoms with van der Waals surface area (Å²) in [5.74, 6) is -1.85. The maximum Gasteiger partial charge on any atom is 0.243 e. The molecule has 4 aromatic rings. The van der Waals surface area contributed by atoms with Gasteiger partial charge in [-0.1, -0.05) is 97.1 Å². The number of likely N-dealkylation sites (N-methyl/N-ethyl adjacent to an activating group) is 1. The van der Waals surface area contributed by atoms with Crippen molar-refractivity contribution in [3.8, 4) is 0 Å². The lowest BCUT2D eigenvalue weighted by atomic mass is 9.95. The summed E-state index contributed by atoms with van der Waals surface area (Å²) in [5.41, 5.74) is 14.9. The molecule has 0 aliphatic carbocycles. The number of hydrogen-bond acceptors (Lipinski definition) is 6. The van der Waals surface area contributed by atoms with Gasteiger partial charge in [-0.25, -0.2) is 0 Å². The molecule has 1 aliphatic rings. The molecule has 12 heteroatoms. The van der Waals surface area contributed by atoms with Crippen molar-refractivity contribution in [1.29, 1.82) is 0 Å². The van der Waals surface area contributed by atoms with Crippen molar-refractivity contribution in [3.63, 3.8) is 0 Å². The van der Waals surface area contributed by atoms with Crippen LogP contribution in [0.2, 0.25) is 0 Å². The Labute approximate surface area is 297 Å². The number of amides is 4. The van der Waals surface area contributed by atoms with Crippen LogP contribution in [0.4, 0.5) is 0 Å². The normalized spacial score (nSPS) is 15.4. The summed E-state index contributed by atoms with van der Waals surface area (Å²) in [6.07, 6.45) is 1.46. The number of nitrogens with one attached hydrogen (secondary N) is 5. The molecule has 266 valence electrons. The van der Waals surface area contributed by atoms with Gasteiger partial charge in [-0.15, -0.1) is 0 Å². The summed E-state index contributed by atoms with van der Waals surface area (Å²) >= 11 is 0. The van der Waals surface area contributed by atoms with Crippen LogP contribution in [0.15, 0.2) is 102 Å². The van der Waals surface area contributed by atoms with Gasteiger partial charge in [0.2, 0.25) is 23.6 Å². The minimum atomic E-state index is -1.05. The number of benzene rings is 4. The number of fused-ring (bicyclic) bond motifs is 2. The topological polar surface area (TPSA) is 193 Å². The molecule has 0 fully saturated rings. The first kappa shape index (κ1) is 36.5. The molecule has 4 atom stereocenters. The standard InChI is InChI=1S/C39H46N8O4/c1-42-35(48)33(22-26-17-18-27-12-5-6-13-28(27)20-26)46-36(49)31(16-9-19-43-39(40)41)45-38(51)34(21-25-10-3-2-4-11-25)47-37(50)32-23-29-14-7-8-15-30(29)24-44-32/h2-8,10-15,17-18,20,31-34,44H,9,16,19,21-24H2,1H3,(H,42,48)(H,45,51)(H,46,49)(H,47,50)(H4,40,41,43)/t31-,32-,33-,34+/m0/s1. The van der Waals surface area contributed by atoms with Gasteiger partial charge in [0.1, 0.15) is 18.1 Å². The zero-order valence-electron chi connectivity index (χ0n) is 28.7. The number of rotatable bonds is 15. The number of carbonyl (C=O) groups excluding carboxylic acids is 4. The maximum atomic E-state index is 14.0. The largest absolute Gasteiger partial charge is 0.370 e. The summed E-state index contributed by atoms with van der Waals surface area (Å²) in [6, 6.07) is 27.6. The molecular formula is C39H46N8O4. The molecule has 9 N–H and O–H groups in total. The van der Waals surface area contributed by atoms with Crippen molar-refractivity contribution in [2.45, 2.75) is 62.8 Å². The molecule has 12 nitrogen and oxygen atoms in total. The zero-order chi connectivity index (χ0) is 36.2. The third kappa shape index (κ3) is 10.4. The number of aliphatic imine (C=N–C) groups is 1. The molecule has 1 aliphatic heterocycles. The fourth-order valence-corrected chi connectivity index (χ4v) is 6.27. The summed E-state index contributed by atoms with van der Waals surface area (Å²) < 4.78 is 0. The second-order valence-electron chi connectivity index (χ2n) is 12.7. The van der Waals surface area contributed by atoms with Gasteiger partial charge >= 0.3 is 0 Å². The second-order valence-corrected chi connectivity index (χ2v) is 12.7. The Balaban J connectivity index is 1.33. The van der Waals surface area contributed by atoms with Gasteiger partial charge in [0.25, 0.3) is 0 Å². The monoisotopic (exact) mass is 690 g/mol. The van der Waals surface area contributed by atoms with Gasteiger partial charge in [0.05, 0.1) is 6.04 Å². The van der Waals surface area contributed by atoms with E-state index in [0.717, 1.165) is 33.0 Å². The van der Waals surface area contributed by atoms with Crippen molar-refractivity contribution in [3.05, 3.63) is 119 Å². The van der Waals surface area contributed by atoms with E-state index in [-0.39, 0.29) is 43.6 Å². The predicted octanol–water partition coefficient (Wildman–Crippen LogP) is 1.59. The van der Waals surface area contributed by atoms with E-state index in [4.69, 9.17) is 11.5 Å². The summed E-state index contributed by atoms with van der Waals surface area (Å²) in [7, 11) is 1.51. The van der Waals surface area contributed by atoms with Crippen LogP contribution in [0.1, 0.15) is 35.1 Å². The highest BCUT2D eigenvalue weighted by Gasteiger charge is 2.32. The predicted molar refractivity (Wildman–Crippen MR) is 198 cm³/mol. The van der Waals surface area contributed by atoms with Crippen molar-refractivity contribution >= 4 is 40.4 Å². The van der Waals surface area contributed by atoms with Crippen LogP contribution in [0.5, 0.6) is 0 Å². The van der Waals surface area contributed by atoms with E-state index in [2.05, 4.69) is 31.6 Å². The van der Waals surface area contributed by atoms with Gasteiger partial charge in [0.15, 0.2) is 5.96 Å². The highest BCUT2D eigenvalue weighted by atomic mass is 16.2. The van der Waals surface area contributed by atoms with Crippen molar-refractivity contribution in [1.82, 2.24) is 26.6 Å². The van der Waals surface area contributed by atoms with Gasteiger partial charge < -0.3 is 38.1 Å². The van der Waals surface area contributed by atoms with E-state index in [1.54, 1.807) is 0 Å². The molecule has 0 saturated carbocycles. The van der Waals surface area contributed by atoms with Crippen LogP contribution in [0, 0.1) is 0 Å². The minimum absolute atomic E-state index is 0.0836. The lowest BCUT2D eigenvalue weighted by molar-refractivity contribution is -0.134. The van der Waals surface area contributed by atoms with Gasteiger partial charge in [0, 0.05) is 33.0 Å². The Bertz CT molecular complexity index is 1860. The Morgan fingerprint density at radius 3 is 2.10 bits per heavy atom. The molecule has 0 aromatic heterocycles. The van der Waals surface area contributed by atoms with E-state index in [0.29, 0.717) is 19.4 Å². The molecule has 1 heterocycles. The van der Waals surface area contributed by atoms with Crippen molar-refractivity contribution in [2.75, 3.05) is 13.6 Å². The quantitative estimate of drug-likeness (QED) is 0.0560. The smallest absolute Gasteiger partial charge is 0.243 e. The average Bonchev–Trinajstić information content (AvgIpc) is 3.15. The number of guanidine groups is 1. The zero-order valence-corrected chi connectivity index (χ0v) is 28.7. The molecule has 0 saturated heterocycles. The molecule has 5 rings (SSSR count). The fourth-order valence-electron chi connectivity index (χ4n) is 6.27. The second kappa shape index (κ2) is 17.8. The highest BCUT2D eigenvalue weighted by Crippen LogP contribution is 2.18. The van der Waals surface area contributed by atoms with Crippen molar-refractivity contribution < 1.29 is 19.2 Å². The maximum absolute atomic E-state index is 14.0. The number of carbonyl (C=O) groups is 4. The third-order valence-corrected chi connectivity index (χ3v) is 9.02. The van der Waals surface area contributed by atoms with Crippen LogP contribution in [-0.2, 0) is 45.0 Å². The first-order valence-electron chi connectivity index (χ1n) is 17.2. The molecule has 51 heavy (non-hydrogen) atoms. The lowest BCUT2D eigenvalue weighted by Crippen LogP contribution is -2.59. The van der Waals surface area contributed by atoms with Crippen LogP contribution in [-0.4, -0.2) is 67.3 Å². The Hall–Kier alpha value is -5.75. The Kier molecular flexibility index (Phi) is 12.7. The molecule has 4 aromatic carbocycles. The molecule has 0 bridgehead atoms. The highest BCUT2D eigenvalue weighted by molar-refractivity contribution is 5.95. The van der Waals surface area contributed by atoms with E-state index < -0.39 is 36.0 Å². The number of nitrogens with zero attached hydrogens (tertiary/aromatic N) is 1. The van der Waals surface area contributed by atoms with Crippen LogP contribution in [0.3, 0.4) is 0 Å². The van der Waals surface area contributed by atoms with Gasteiger partial charge in [-0.3, -0.25) is 24.2 Å². The molecule has 0 unspecified atom stereocenters. The van der Waals surface area contributed by atoms with E-state index >= 15 is 0 Å². The number of hydrogen-bond donors (Lipinski definition) is 7. The lowest BCUT2D eigenvalue weighted by Gasteiger charge is -2.28. The Morgan fingerprint density at radius 2 is 1.35 bits per heavy atom. The third-order valence-electron chi connectivity index (χ3n) is 9.02.